The number of aromatic carboxylic acids is 2. The molecule has 1 fully saturated rings. The SMILES string of the molecule is COCC(=O)OC[C@@H]1C(C)=C[C@H](CCCOC(=O)C(C)(C)C)O[C@@H]1C[C@@H]1O[C@H](CC(Cc2ccccc2C(=O)O)c2ccccc2C(=O)O)[C@H](OC)[C@H]1CS(=O)(=O)c1ccccc1. The van der Waals surface area contributed by atoms with Gasteiger partial charge in [-0.3, -0.25) is 4.79 Å². The fraction of sp³-hybridized carbons (Fsp3) is 0.500. The van der Waals surface area contributed by atoms with Gasteiger partial charge in [0.15, 0.2) is 9.84 Å². The summed E-state index contributed by atoms with van der Waals surface area (Å²) in [4.78, 5) is 50.0. The van der Waals surface area contributed by atoms with E-state index in [2.05, 4.69) is 0 Å². The van der Waals surface area contributed by atoms with E-state index in [1.54, 1.807) is 75.4 Å². The molecule has 2 aliphatic heterocycles. The summed E-state index contributed by atoms with van der Waals surface area (Å²) in [6, 6.07) is 21.2. The predicted molar refractivity (Wildman–Crippen MR) is 232 cm³/mol. The summed E-state index contributed by atoms with van der Waals surface area (Å²) in [5.74, 6) is -5.32. The summed E-state index contributed by atoms with van der Waals surface area (Å²) in [5, 5.41) is 20.4. The Morgan fingerprint density at radius 3 is 2.11 bits per heavy atom. The Bertz CT molecular complexity index is 2180. The number of rotatable bonds is 21. The van der Waals surface area contributed by atoms with Gasteiger partial charge < -0.3 is 38.6 Å². The highest BCUT2D eigenvalue weighted by Crippen LogP contribution is 2.42. The Morgan fingerprint density at radius 1 is 0.810 bits per heavy atom. The normalized spacial score (nSPS) is 23.1. The minimum absolute atomic E-state index is 0.0427. The fourth-order valence-corrected chi connectivity index (χ4v) is 10.2. The van der Waals surface area contributed by atoms with E-state index in [1.165, 1.54) is 38.5 Å². The quantitative estimate of drug-likeness (QED) is 0.0633. The number of esters is 2. The first-order valence-corrected chi connectivity index (χ1v) is 22.8. The molecule has 1 unspecified atom stereocenters. The minimum Gasteiger partial charge on any atom is -0.478 e. The third-order valence-electron chi connectivity index (χ3n) is 11.7. The number of carboxylic acids is 2. The van der Waals surface area contributed by atoms with Crippen LogP contribution in [0.3, 0.4) is 0 Å². The molecule has 3 aromatic rings. The third kappa shape index (κ3) is 13.1. The van der Waals surface area contributed by atoms with Gasteiger partial charge in [-0.15, -0.1) is 0 Å². The Kier molecular flexibility index (Phi) is 17.2. The van der Waals surface area contributed by atoms with Gasteiger partial charge in [0.1, 0.15) is 13.2 Å². The van der Waals surface area contributed by atoms with Gasteiger partial charge in [0.05, 0.1) is 64.3 Å². The first-order valence-electron chi connectivity index (χ1n) is 21.2. The van der Waals surface area contributed by atoms with Crippen LogP contribution in [0.1, 0.15) is 91.1 Å². The highest BCUT2D eigenvalue weighted by Gasteiger charge is 2.49. The first kappa shape index (κ1) is 49.1. The molecule has 0 spiro atoms. The van der Waals surface area contributed by atoms with Crippen LogP contribution in [0.2, 0.25) is 0 Å². The number of ether oxygens (including phenoxy) is 6. The zero-order chi connectivity index (χ0) is 45.9. The van der Waals surface area contributed by atoms with Gasteiger partial charge in [-0.05, 0) is 94.7 Å². The van der Waals surface area contributed by atoms with Crippen LogP contribution in [0.4, 0.5) is 0 Å². The van der Waals surface area contributed by atoms with E-state index >= 15 is 0 Å². The maximum Gasteiger partial charge on any atom is 0.335 e. The second kappa shape index (κ2) is 22.1. The molecule has 0 aliphatic carbocycles. The topological polar surface area (TPSA) is 198 Å². The molecule has 0 saturated carbocycles. The molecule has 5 rings (SSSR count). The number of carbonyl (C=O) groups is 4. The number of hydrogen-bond acceptors (Lipinski definition) is 12. The number of sulfone groups is 1. The predicted octanol–water partition coefficient (Wildman–Crippen LogP) is 6.95. The average molecular weight is 893 g/mol. The van der Waals surface area contributed by atoms with Gasteiger partial charge in [0.25, 0.3) is 0 Å². The monoisotopic (exact) mass is 892 g/mol. The molecule has 0 radical (unpaired) electrons. The van der Waals surface area contributed by atoms with Crippen LogP contribution in [-0.2, 0) is 54.3 Å². The summed E-state index contributed by atoms with van der Waals surface area (Å²) in [6.07, 6.45) is -0.0188. The molecule has 63 heavy (non-hydrogen) atoms. The molecule has 342 valence electrons. The van der Waals surface area contributed by atoms with E-state index in [0.717, 1.165) is 5.57 Å². The summed E-state index contributed by atoms with van der Waals surface area (Å²) >= 11 is 0. The lowest BCUT2D eigenvalue weighted by Crippen LogP contribution is -2.42. The van der Waals surface area contributed by atoms with Crippen molar-refractivity contribution in [3.8, 4) is 0 Å². The van der Waals surface area contributed by atoms with Gasteiger partial charge in [-0.2, -0.15) is 0 Å². The molecular formula is C48H60O14S. The first-order chi connectivity index (χ1) is 29.9. The van der Waals surface area contributed by atoms with Crippen LogP contribution in [0, 0.1) is 17.3 Å². The van der Waals surface area contributed by atoms with Crippen molar-refractivity contribution in [1.82, 2.24) is 0 Å². The lowest BCUT2D eigenvalue weighted by atomic mass is 9.81. The number of methoxy groups -OCH3 is 2. The second-order valence-electron chi connectivity index (χ2n) is 17.3. The van der Waals surface area contributed by atoms with Crippen LogP contribution in [0.25, 0.3) is 0 Å². The molecule has 15 heteroatoms. The van der Waals surface area contributed by atoms with Crippen molar-refractivity contribution in [3.05, 3.63) is 113 Å². The van der Waals surface area contributed by atoms with Gasteiger partial charge in [-0.1, -0.05) is 66.2 Å². The molecular weight excluding hydrogens is 833 g/mol. The zero-order valence-corrected chi connectivity index (χ0v) is 37.6. The van der Waals surface area contributed by atoms with E-state index in [4.69, 9.17) is 28.4 Å². The van der Waals surface area contributed by atoms with E-state index in [-0.39, 0.29) is 66.8 Å². The standard InChI is InChI=1S/C48H60O14S/c1-30-23-33(16-14-22-59-47(54)48(2,3)4)61-40(38(30)27-60-43(49)28-57-5)26-41-39(29-63(55,56)34-17-8-7-9-18-34)44(58-6)42(62-41)25-32(35-19-12-13-21-37(35)46(52)53)24-31-15-10-11-20-36(31)45(50)51/h7-13,15,17-21,23,32-33,38-42,44H,14,16,22,24-29H2,1-6H3,(H,50,51)(H,52,53)/t32?,33-,38+,39-,40+,41-,42+,44+/m0/s1. The van der Waals surface area contributed by atoms with Crippen molar-refractivity contribution >= 4 is 33.7 Å². The molecule has 2 aliphatic rings. The van der Waals surface area contributed by atoms with Gasteiger partial charge >= 0.3 is 23.9 Å². The molecule has 3 aromatic carbocycles. The van der Waals surface area contributed by atoms with Crippen molar-refractivity contribution in [3.63, 3.8) is 0 Å². The van der Waals surface area contributed by atoms with Gasteiger partial charge in [-0.25, -0.2) is 22.8 Å². The van der Waals surface area contributed by atoms with Crippen LogP contribution in [0.5, 0.6) is 0 Å². The number of carboxylic acid groups (broad SMARTS) is 2. The van der Waals surface area contributed by atoms with Crippen molar-refractivity contribution < 1.29 is 66.2 Å². The largest absolute Gasteiger partial charge is 0.478 e. The molecule has 0 bridgehead atoms. The molecule has 14 nitrogen and oxygen atoms in total. The fourth-order valence-electron chi connectivity index (χ4n) is 8.55. The van der Waals surface area contributed by atoms with Crippen molar-refractivity contribution in [2.75, 3.05) is 39.8 Å². The summed E-state index contributed by atoms with van der Waals surface area (Å²) in [6.45, 7) is 7.17. The summed E-state index contributed by atoms with van der Waals surface area (Å²) in [7, 11) is -1.05. The number of carbonyl (C=O) groups excluding carboxylic acids is 2. The van der Waals surface area contributed by atoms with Crippen molar-refractivity contribution in [2.45, 2.75) is 101 Å². The summed E-state index contributed by atoms with van der Waals surface area (Å²) < 4.78 is 64.3. The van der Waals surface area contributed by atoms with E-state index in [9.17, 15) is 37.8 Å². The zero-order valence-electron chi connectivity index (χ0n) is 36.8. The molecule has 2 heterocycles. The average Bonchev–Trinajstić information content (AvgIpc) is 3.55. The maximum atomic E-state index is 14.2. The molecule has 0 aromatic heterocycles. The highest BCUT2D eigenvalue weighted by molar-refractivity contribution is 7.91. The van der Waals surface area contributed by atoms with Crippen molar-refractivity contribution in [2.24, 2.45) is 17.3 Å². The Balaban J connectivity index is 1.51. The maximum absolute atomic E-state index is 14.2. The minimum atomic E-state index is -3.92. The van der Waals surface area contributed by atoms with Crippen molar-refractivity contribution in [1.29, 1.82) is 0 Å². The van der Waals surface area contributed by atoms with Crippen LogP contribution >= 0.6 is 0 Å². The summed E-state index contributed by atoms with van der Waals surface area (Å²) in [5.41, 5.74) is 1.32. The van der Waals surface area contributed by atoms with E-state index in [1.807, 2.05) is 13.0 Å². The van der Waals surface area contributed by atoms with Crippen LogP contribution in [-0.4, -0.2) is 113 Å². The van der Waals surface area contributed by atoms with Crippen LogP contribution < -0.4 is 0 Å². The van der Waals surface area contributed by atoms with E-state index in [0.29, 0.717) is 24.0 Å². The number of hydrogen-bond donors (Lipinski definition) is 2. The lowest BCUT2D eigenvalue weighted by molar-refractivity contribution is -0.154. The molecule has 0 amide bonds. The number of benzene rings is 3. The van der Waals surface area contributed by atoms with E-state index < -0.39 is 81.4 Å². The highest BCUT2D eigenvalue weighted by atomic mass is 32.2. The van der Waals surface area contributed by atoms with Crippen LogP contribution in [0.15, 0.2) is 95.4 Å². The second-order valence-corrected chi connectivity index (χ2v) is 19.3. The smallest absolute Gasteiger partial charge is 0.335 e. The van der Waals surface area contributed by atoms with Gasteiger partial charge in [0, 0.05) is 32.5 Å². The molecule has 2 N–H and O–H groups in total. The molecule has 1 saturated heterocycles. The Morgan fingerprint density at radius 2 is 1.46 bits per heavy atom. The van der Waals surface area contributed by atoms with Gasteiger partial charge in [0.2, 0.25) is 0 Å². The molecule has 8 atom stereocenters. The Labute approximate surface area is 369 Å². The Hall–Kier alpha value is -4.93. The third-order valence-corrected chi connectivity index (χ3v) is 13.5. The lowest BCUT2D eigenvalue weighted by Gasteiger charge is -2.37.